The maximum atomic E-state index is 12.4. The molecule has 1 saturated heterocycles. The number of hydrogen-bond acceptors (Lipinski definition) is 4. The van der Waals surface area contributed by atoms with Crippen LogP contribution in [0.3, 0.4) is 0 Å². The number of nitrogens with zero attached hydrogens (tertiary/aromatic N) is 3. The molecule has 0 radical (unpaired) electrons. The predicted molar refractivity (Wildman–Crippen MR) is 111 cm³/mol. The molecule has 2 aliphatic rings. The van der Waals surface area contributed by atoms with Crippen molar-refractivity contribution in [3.8, 4) is 0 Å². The van der Waals surface area contributed by atoms with E-state index in [1.807, 2.05) is 12.1 Å². The second kappa shape index (κ2) is 7.86. The fourth-order valence-electron chi connectivity index (χ4n) is 3.94. The van der Waals surface area contributed by atoms with Gasteiger partial charge in [-0.2, -0.15) is 0 Å². The number of hydrogen-bond donors (Lipinski definition) is 0. The van der Waals surface area contributed by atoms with E-state index in [4.69, 9.17) is 0 Å². The van der Waals surface area contributed by atoms with Gasteiger partial charge in [-0.3, -0.25) is 24.3 Å². The molecule has 0 atom stereocenters. The molecule has 4 rings (SSSR count). The van der Waals surface area contributed by atoms with Crippen LogP contribution in [-0.2, 0) is 11.3 Å². The number of carbonyl (C=O) groups excluding carboxylic acids is 2. The van der Waals surface area contributed by atoms with Crippen LogP contribution in [-0.4, -0.2) is 54.3 Å². The van der Waals surface area contributed by atoms with E-state index < -0.39 is 5.91 Å². The summed E-state index contributed by atoms with van der Waals surface area (Å²) in [5, 5.41) is 0. The third kappa shape index (κ3) is 3.73. The van der Waals surface area contributed by atoms with Crippen molar-refractivity contribution in [1.29, 1.82) is 0 Å². The standard InChI is InChI=1S/C23H27N3O2/c1-17(2)19-9-7-18(8-10-19)15-24-11-13-25(14-12-24)16-26-21-6-4-3-5-20(21)22(27)23(26)28/h3-10,17H,11-16H2,1-2H3. The Kier molecular flexibility index (Phi) is 5.29. The second-order valence-electron chi connectivity index (χ2n) is 8.01. The van der Waals surface area contributed by atoms with Crippen molar-refractivity contribution < 1.29 is 9.59 Å². The molecule has 28 heavy (non-hydrogen) atoms. The van der Waals surface area contributed by atoms with E-state index in [-0.39, 0.29) is 5.78 Å². The zero-order valence-corrected chi connectivity index (χ0v) is 16.6. The summed E-state index contributed by atoms with van der Waals surface area (Å²) in [7, 11) is 0. The van der Waals surface area contributed by atoms with Crippen molar-refractivity contribution in [2.45, 2.75) is 26.3 Å². The summed E-state index contributed by atoms with van der Waals surface area (Å²) in [6, 6.07) is 16.2. The van der Waals surface area contributed by atoms with Gasteiger partial charge in [0.1, 0.15) is 0 Å². The van der Waals surface area contributed by atoms with Gasteiger partial charge in [0.25, 0.3) is 5.78 Å². The quantitative estimate of drug-likeness (QED) is 0.751. The van der Waals surface area contributed by atoms with Crippen LogP contribution in [0.25, 0.3) is 0 Å². The maximum absolute atomic E-state index is 12.4. The minimum Gasteiger partial charge on any atom is -0.297 e. The summed E-state index contributed by atoms with van der Waals surface area (Å²) >= 11 is 0. The molecule has 5 heteroatoms. The predicted octanol–water partition coefficient (Wildman–Crippen LogP) is 3.11. The molecule has 0 aliphatic carbocycles. The van der Waals surface area contributed by atoms with Crippen LogP contribution in [0.1, 0.15) is 41.3 Å². The first-order valence-corrected chi connectivity index (χ1v) is 10.0. The molecule has 0 bridgehead atoms. The Morgan fingerprint density at radius 3 is 2.18 bits per heavy atom. The molecule has 5 nitrogen and oxygen atoms in total. The summed E-state index contributed by atoms with van der Waals surface area (Å²) < 4.78 is 0. The lowest BCUT2D eigenvalue weighted by molar-refractivity contribution is -0.114. The van der Waals surface area contributed by atoms with Gasteiger partial charge in [0.05, 0.1) is 17.9 Å². The minimum atomic E-state index is -0.408. The van der Waals surface area contributed by atoms with Crippen LogP contribution < -0.4 is 4.90 Å². The summed E-state index contributed by atoms with van der Waals surface area (Å²) in [5.41, 5.74) is 3.98. The number of fused-ring (bicyclic) bond motifs is 1. The Morgan fingerprint density at radius 2 is 1.50 bits per heavy atom. The van der Waals surface area contributed by atoms with Gasteiger partial charge >= 0.3 is 5.91 Å². The molecule has 0 unspecified atom stereocenters. The highest BCUT2D eigenvalue weighted by Crippen LogP contribution is 2.28. The Labute approximate surface area is 166 Å². The van der Waals surface area contributed by atoms with Gasteiger partial charge in [-0.15, -0.1) is 0 Å². The Bertz CT molecular complexity index is 868. The number of ketones is 1. The lowest BCUT2D eigenvalue weighted by Crippen LogP contribution is -2.50. The number of para-hydroxylation sites is 1. The van der Waals surface area contributed by atoms with E-state index in [1.54, 1.807) is 17.0 Å². The van der Waals surface area contributed by atoms with E-state index in [1.165, 1.54) is 11.1 Å². The molecule has 0 saturated carbocycles. The van der Waals surface area contributed by atoms with E-state index in [9.17, 15) is 9.59 Å². The summed E-state index contributed by atoms with van der Waals surface area (Å²) in [6.45, 7) is 9.58. The molecule has 2 aromatic carbocycles. The first-order chi connectivity index (χ1) is 13.5. The van der Waals surface area contributed by atoms with Crippen LogP contribution >= 0.6 is 0 Å². The first kappa shape index (κ1) is 18.8. The van der Waals surface area contributed by atoms with E-state index in [2.05, 4.69) is 47.9 Å². The van der Waals surface area contributed by atoms with Crippen LogP contribution in [0.15, 0.2) is 48.5 Å². The SMILES string of the molecule is CC(C)c1ccc(CN2CCN(CN3C(=O)C(=O)c4ccccc43)CC2)cc1. The molecular weight excluding hydrogens is 350 g/mol. The minimum absolute atomic E-state index is 0.390. The molecule has 0 spiro atoms. The number of benzene rings is 2. The van der Waals surface area contributed by atoms with Crippen molar-refractivity contribution in [3.63, 3.8) is 0 Å². The number of Topliss-reactive ketones (excluding diaryl/α,β-unsaturated/α-hetero) is 1. The van der Waals surface area contributed by atoms with Crippen molar-refractivity contribution in [1.82, 2.24) is 9.80 Å². The van der Waals surface area contributed by atoms with Crippen LogP contribution in [0, 0.1) is 0 Å². The molecule has 1 amide bonds. The highest BCUT2D eigenvalue weighted by Gasteiger charge is 2.36. The van der Waals surface area contributed by atoms with Gasteiger partial charge < -0.3 is 0 Å². The normalized spacial score (nSPS) is 18.2. The van der Waals surface area contributed by atoms with E-state index >= 15 is 0 Å². The second-order valence-corrected chi connectivity index (χ2v) is 8.01. The van der Waals surface area contributed by atoms with Gasteiger partial charge in [-0.1, -0.05) is 50.2 Å². The largest absolute Gasteiger partial charge is 0.300 e. The summed E-state index contributed by atoms with van der Waals surface area (Å²) in [5.74, 6) is -0.240. The van der Waals surface area contributed by atoms with Crippen molar-refractivity contribution >= 4 is 17.4 Å². The third-order valence-electron chi connectivity index (χ3n) is 5.74. The van der Waals surface area contributed by atoms with Crippen LogP contribution in [0.4, 0.5) is 5.69 Å². The van der Waals surface area contributed by atoms with Gasteiger partial charge in [0.2, 0.25) is 0 Å². The average Bonchev–Trinajstić information content (AvgIpc) is 2.95. The molecule has 1 fully saturated rings. The lowest BCUT2D eigenvalue weighted by atomic mass is 10.0. The summed E-state index contributed by atoms with van der Waals surface area (Å²) in [6.07, 6.45) is 0. The van der Waals surface area contributed by atoms with Gasteiger partial charge in [-0.25, -0.2) is 0 Å². The Hall–Kier alpha value is -2.50. The molecule has 2 aromatic rings. The Balaban J connectivity index is 1.32. The first-order valence-electron chi connectivity index (χ1n) is 10.0. The van der Waals surface area contributed by atoms with Crippen molar-refractivity contribution in [2.75, 3.05) is 37.7 Å². The number of piperazine rings is 1. The third-order valence-corrected chi connectivity index (χ3v) is 5.74. The fraction of sp³-hybridized carbons (Fsp3) is 0.391. The van der Waals surface area contributed by atoms with Crippen LogP contribution in [0.5, 0.6) is 0 Å². The number of anilines is 1. The number of carbonyl (C=O) groups is 2. The lowest BCUT2D eigenvalue weighted by Gasteiger charge is -2.36. The van der Waals surface area contributed by atoms with E-state index in [0.717, 1.165) is 38.4 Å². The summed E-state index contributed by atoms with van der Waals surface area (Å²) in [4.78, 5) is 30.8. The molecule has 2 heterocycles. The highest BCUT2D eigenvalue weighted by molar-refractivity contribution is 6.52. The monoisotopic (exact) mass is 377 g/mol. The van der Waals surface area contributed by atoms with Crippen molar-refractivity contribution in [2.24, 2.45) is 0 Å². The molecule has 0 aromatic heterocycles. The van der Waals surface area contributed by atoms with E-state index in [0.29, 0.717) is 18.2 Å². The fourth-order valence-corrected chi connectivity index (χ4v) is 3.94. The highest BCUT2D eigenvalue weighted by atomic mass is 16.2. The van der Waals surface area contributed by atoms with Crippen LogP contribution in [0.2, 0.25) is 0 Å². The molecule has 146 valence electrons. The zero-order chi connectivity index (χ0) is 19.7. The number of amides is 1. The topological polar surface area (TPSA) is 43.9 Å². The molecule has 0 N–H and O–H groups in total. The average molecular weight is 377 g/mol. The van der Waals surface area contributed by atoms with Gasteiger partial charge in [0.15, 0.2) is 0 Å². The van der Waals surface area contributed by atoms with Crippen molar-refractivity contribution in [3.05, 3.63) is 65.2 Å². The zero-order valence-electron chi connectivity index (χ0n) is 16.6. The number of rotatable bonds is 5. The maximum Gasteiger partial charge on any atom is 0.300 e. The molecule has 2 aliphatic heterocycles. The van der Waals surface area contributed by atoms with Gasteiger partial charge in [0, 0.05) is 32.7 Å². The molecular formula is C23H27N3O2. The smallest absolute Gasteiger partial charge is 0.297 e. The van der Waals surface area contributed by atoms with Gasteiger partial charge in [-0.05, 0) is 29.2 Å². The Morgan fingerprint density at radius 1 is 0.857 bits per heavy atom.